The molecule has 1 aromatic carbocycles. The smallest absolute Gasteiger partial charge is 0.343 e. The first-order chi connectivity index (χ1) is 8.65. The van der Waals surface area contributed by atoms with E-state index >= 15 is 0 Å². The molecule has 0 aliphatic heterocycles. The number of ether oxygens (including phenoxy) is 1. The van der Waals surface area contributed by atoms with Crippen molar-refractivity contribution in [3.8, 4) is 5.75 Å². The maximum atomic E-state index is 11.9. The van der Waals surface area contributed by atoms with Gasteiger partial charge in [-0.15, -0.1) is 11.8 Å². The molecule has 5 heteroatoms. The molecule has 1 rings (SSSR count). The van der Waals surface area contributed by atoms with Crippen LogP contribution < -0.4 is 0 Å². The van der Waals surface area contributed by atoms with Crippen LogP contribution in [0.3, 0.4) is 0 Å². The summed E-state index contributed by atoms with van der Waals surface area (Å²) >= 11 is 1.32. The molecular formula is C13H16O4S. The van der Waals surface area contributed by atoms with Gasteiger partial charge in [0.25, 0.3) is 0 Å². The van der Waals surface area contributed by atoms with Crippen LogP contribution in [0.4, 0.5) is 0 Å². The molecule has 18 heavy (non-hydrogen) atoms. The normalized spacial score (nSPS) is 10.1. The molecule has 4 nitrogen and oxygen atoms in total. The zero-order valence-electron chi connectivity index (χ0n) is 10.4. The molecule has 0 aliphatic rings. The largest absolute Gasteiger partial charge is 0.506 e. The predicted molar refractivity (Wildman–Crippen MR) is 70.5 cm³/mol. The number of esters is 1. The van der Waals surface area contributed by atoms with Crippen molar-refractivity contribution in [3.63, 3.8) is 0 Å². The summed E-state index contributed by atoms with van der Waals surface area (Å²) in [7, 11) is 0. The Bertz CT molecular complexity index is 443. The minimum absolute atomic E-state index is 0.0724. The standard InChI is InChI=1S/C13H16O4S/c1-3-4-7-17-13(16)11-10(18-2)6-5-9(8-14)12(11)15/h5-6,8,15H,3-4,7H2,1-2H3. The molecule has 0 amide bonds. The van der Waals surface area contributed by atoms with Gasteiger partial charge in [-0.1, -0.05) is 13.3 Å². The lowest BCUT2D eigenvalue weighted by atomic mass is 10.1. The van der Waals surface area contributed by atoms with Gasteiger partial charge in [0.15, 0.2) is 6.29 Å². The number of carbonyl (C=O) groups excluding carboxylic acids is 2. The summed E-state index contributed by atoms with van der Waals surface area (Å²) < 4.78 is 5.06. The summed E-state index contributed by atoms with van der Waals surface area (Å²) in [6.07, 6.45) is 4.00. The summed E-state index contributed by atoms with van der Waals surface area (Å²) in [5.41, 5.74) is 0.165. The quantitative estimate of drug-likeness (QED) is 0.372. The molecule has 0 unspecified atom stereocenters. The van der Waals surface area contributed by atoms with E-state index in [9.17, 15) is 14.7 Å². The van der Waals surface area contributed by atoms with Gasteiger partial charge in [-0.25, -0.2) is 4.79 Å². The van der Waals surface area contributed by atoms with Gasteiger partial charge in [-0.3, -0.25) is 4.79 Å². The zero-order chi connectivity index (χ0) is 13.5. The van der Waals surface area contributed by atoms with E-state index in [0.29, 0.717) is 17.8 Å². The zero-order valence-corrected chi connectivity index (χ0v) is 11.3. The lowest BCUT2D eigenvalue weighted by Gasteiger charge is -2.10. The van der Waals surface area contributed by atoms with Crippen molar-refractivity contribution in [1.82, 2.24) is 0 Å². The number of carbonyl (C=O) groups is 2. The molecule has 0 bridgehead atoms. The predicted octanol–water partition coefficient (Wildman–Crippen LogP) is 2.88. The van der Waals surface area contributed by atoms with Crippen LogP contribution in [0.2, 0.25) is 0 Å². The highest BCUT2D eigenvalue weighted by Crippen LogP contribution is 2.31. The summed E-state index contributed by atoms with van der Waals surface area (Å²) in [4.78, 5) is 23.2. The Balaban J connectivity index is 3.04. The molecule has 0 spiro atoms. The fourth-order valence-corrected chi connectivity index (χ4v) is 2.02. The molecule has 0 aromatic heterocycles. The third-order valence-electron chi connectivity index (χ3n) is 2.45. The summed E-state index contributed by atoms with van der Waals surface area (Å²) in [6, 6.07) is 3.11. The van der Waals surface area contributed by atoms with Crippen LogP contribution in [0.25, 0.3) is 0 Å². The van der Waals surface area contributed by atoms with Gasteiger partial charge in [0, 0.05) is 4.90 Å². The van der Waals surface area contributed by atoms with E-state index in [1.807, 2.05) is 6.92 Å². The molecule has 1 aromatic rings. The van der Waals surface area contributed by atoms with Crippen LogP contribution in [0.5, 0.6) is 5.75 Å². The van der Waals surface area contributed by atoms with Crippen LogP contribution in [0.15, 0.2) is 17.0 Å². The minimum Gasteiger partial charge on any atom is -0.506 e. The minimum atomic E-state index is -0.589. The van der Waals surface area contributed by atoms with Crippen molar-refractivity contribution < 1.29 is 19.4 Å². The van der Waals surface area contributed by atoms with Crippen molar-refractivity contribution in [2.45, 2.75) is 24.7 Å². The second kappa shape index (κ2) is 7.06. The monoisotopic (exact) mass is 268 g/mol. The summed E-state index contributed by atoms with van der Waals surface area (Å²) in [5.74, 6) is -0.896. The van der Waals surface area contributed by atoms with Crippen LogP contribution in [0.1, 0.15) is 40.5 Å². The number of thioether (sulfide) groups is 1. The van der Waals surface area contributed by atoms with Gasteiger partial charge in [0.2, 0.25) is 0 Å². The molecule has 1 N–H and O–H groups in total. The number of hydrogen-bond acceptors (Lipinski definition) is 5. The van der Waals surface area contributed by atoms with E-state index in [1.54, 1.807) is 12.3 Å². The van der Waals surface area contributed by atoms with Gasteiger partial charge < -0.3 is 9.84 Å². The highest BCUT2D eigenvalue weighted by atomic mass is 32.2. The molecule has 0 atom stereocenters. The highest BCUT2D eigenvalue weighted by Gasteiger charge is 2.20. The number of benzene rings is 1. The molecular weight excluding hydrogens is 252 g/mol. The van der Waals surface area contributed by atoms with Crippen molar-refractivity contribution in [2.24, 2.45) is 0 Å². The van der Waals surface area contributed by atoms with Crippen molar-refractivity contribution in [1.29, 1.82) is 0 Å². The Morgan fingerprint density at radius 3 is 2.78 bits per heavy atom. The lowest BCUT2D eigenvalue weighted by Crippen LogP contribution is -2.09. The summed E-state index contributed by atoms with van der Waals surface area (Å²) in [6.45, 7) is 2.31. The molecule has 0 aliphatic carbocycles. The topological polar surface area (TPSA) is 63.6 Å². The highest BCUT2D eigenvalue weighted by molar-refractivity contribution is 7.98. The van der Waals surface area contributed by atoms with Crippen molar-refractivity contribution in [3.05, 3.63) is 23.3 Å². The maximum absolute atomic E-state index is 11.9. The van der Waals surface area contributed by atoms with Gasteiger partial charge in [0.05, 0.1) is 12.2 Å². The third-order valence-corrected chi connectivity index (χ3v) is 3.23. The van der Waals surface area contributed by atoms with Crippen molar-refractivity contribution >= 4 is 24.0 Å². The molecule has 0 heterocycles. The fraction of sp³-hybridized carbons (Fsp3) is 0.385. The van der Waals surface area contributed by atoms with E-state index in [1.165, 1.54) is 17.8 Å². The Hall–Kier alpha value is -1.49. The number of aldehydes is 1. The van der Waals surface area contributed by atoms with E-state index in [0.717, 1.165) is 12.8 Å². The Morgan fingerprint density at radius 1 is 1.50 bits per heavy atom. The first kappa shape index (κ1) is 14.6. The molecule has 0 saturated heterocycles. The summed E-state index contributed by atoms with van der Waals surface area (Å²) in [5, 5.41) is 9.88. The van der Waals surface area contributed by atoms with Crippen LogP contribution in [-0.4, -0.2) is 30.2 Å². The van der Waals surface area contributed by atoms with Gasteiger partial charge in [0.1, 0.15) is 11.3 Å². The number of unbranched alkanes of at least 4 members (excludes halogenated alkanes) is 1. The first-order valence-corrected chi connectivity index (χ1v) is 6.90. The number of rotatable bonds is 6. The van der Waals surface area contributed by atoms with Crippen LogP contribution in [-0.2, 0) is 4.74 Å². The van der Waals surface area contributed by atoms with Crippen LogP contribution >= 0.6 is 11.8 Å². The van der Waals surface area contributed by atoms with Gasteiger partial charge >= 0.3 is 5.97 Å². The lowest BCUT2D eigenvalue weighted by molar-refractivity contribution is 0.0492. The average Bonchev–Trinajstić information content (AvgIpc) is 2.38. The van der Waals surface area contributed by atoms with Crippen molar-refractivity contribution in [2.75, 3.05) is 12.9 Å². The molecule has 0 radical (unpaired) electrons. The Kier molecular flexibility index (Phi) is 5.71. The van der Waals surface area contributed by atoms with E-state index in [2.05, 4.69) is 0 Å². The SMILES string of the molecule is CCCCOC(=O)c1c(SC)ccc(C=O)c1O. The van der Waals surface area contributed by atoms with E-state index in [-0.39, 0.29) is 16.9 Å². The van der Waals surface area contributed by atoms with E-state index < -0.39 is 5.97 Å². The molecule has 0 saturated carbocycles. The fourth-order valence-electron chi connectivity index (χ4n) is 1.43. The Morgan fingerprint density at radius 2 is 2.22 bits per heavy atom. The first-order valence-electron chi connectivity index (χ1n) is 5.68. The number of aromatic hydroxyl groups is 1. The maximum Gasteiger partial charge on any atom is 0.343 e. The Labute approximate surface area is 110 Å². The van der Waals surface area contributed by atoms with Crippen LogP contribution in [0, 0.1) is 0 Å². The number of phenols is 1. The molecule has 0 fully saturated rings. The number of phenolic OH excluding ortho intramolecular Hbond substituents is 1. The van der Waals surface area contributed by atoms with Gasteiger partial charge in [-0.05, 0) is 24.8 Å². The van der Waals surface area contributed by atoms with E-state index in [4.69, 9.17) is 4.74 Å². The van der Waals surface area contributed by atoms with Gasteiger partial charge in [-0.2, -0.15) is 0 Å². The molecule has 98 valence electrons. The second-order valence-corrected chi connectivity index (χ2v) is 4.54. The number of hydrogen-bond donors (Lipinski definition) is 1. The third kappa shape index (κ3) is 3.26. The second-order valence-electron chi connectivity index (χ2n) is 3.69. The average molecular weight is 268 g/mol.